The van der Waals surface area contributed by atoms with Crippen LogP contribution in [0.3, 0.4) is 0 Å². The second-order valence-corrected chi connectivity index (χ2v) is 3.97. The maximum atomic E-state index is 13.0. The van der Waals surface area contributed by atoms with E-state index in [4.69, 9.17) is 5.73 Å². The minimum atomic E-state index is -0.856. The summed E-state index contributed by atoms with van der Waals surface area (Å²) < 4.78 is 25.8. The number of halogens is 2. The van der Waals surface area contributed by atoms with Crippen molar-refractivity contribution in [1.82, 2.24) is 0 Å². The molecule has 0 aliphatic carbocycles. The van der Waals surface area contributed by atoms with E-state index in [2.05, 4.69) is 0 Å². The van der Waals surface area contributed by atoms with Gasteiger partial charge in [0.15, 0.2) is 11.6 Å². The molecule has 0 bridgehead atoms. The van der Waals surface area contributed by atoms with Crippen molar-refractivity contribution in [3.05, 3.63) is 71.3 Å². The van der Waals surface area contributed by atoms with Gasteiger partial charge in [0.25, 0.3) is 0 Å². The highest BCUT2D eigenvalue weighted by Crippen LogP contribution is 2.18. The topological polar surface area (TPSA) is 26.0 Å². The van der Waals surface area contributed by atoms with Crippen LogP contribution in [0.15, 0.2) is 48.5 Å². The van der Waals surface area contributed by atoms with Gasteiger partial charge >= 0.3 is 0 Å². The fraction of sp³-hybridized carbons (Fsp3) is 0.143. The van der Waals surface area contributed by atoms with Crippen molar-refractivity contribution in [1.29, 1.82) is 0 Å². The number of benzene rings is 2. The zero-order chi connectivity index (χ0) is 12.3. The van der Waals surface area contributed by atoms with Gasteiger partial charge in [-0.15, -0.1) is 0 Å². The van der Waals surface area contributed by atoms with E-state index in [1.54, 1.807) is 0 Å². The Kier molecular flexibility index (Phi) is 3.49. The molecule has 0 amide bonds. The molecular weight excluding hydrogens is 220 g/mol. The molecular formula is C14H13F2N. The van der Waals surface area contributed by atoms with E-state index in [9.17, 15) is 8.78 Å². The molecule has 0 aromatic heterocycles. The number of rotatable bonds is 3. The molecule has 3 heteroatoms. The first-order chi connectivity index (χ1) is 8.16. The van der Waals surface area contributed by atoms with Crippen LogP contribution in [0.4, 0.5) is 8.78 Å². The molecule has 88 valence electrons. The highest BCUT2D eigenvalue weighted by molar-refractivity contribution is 5.24. The molecule has 0 saturated carbocycles. The minimum Gasteiger partial charge on any atom is -0.324 e. The van der Waals surface area contributed by atoms with Gasteiger partial charge in [-0.25, -0.2) is 8.78 Å². The summed E-state index contributed by atoms with van der Waals surface area (Å²) in [6, 6.07) is 13.1. The van der Waals surface area contributed by atoms with Gasteiger partial charge in [-0.3, -0.25) is 0 Å². The molecule has 0 aliphatic rings. The Morgan fingerprint density at radius 1 is 0.941 bits per heavy atom. The van der Waals surface area contributed by atoms with Crippen LogP contribution in [0.5, 0.6) is 0 Å². The van der Waals surface area contributed by atoms with Crippen LogP contribution in [0.25, 0.3) is 0 Å². The Morgan fingerprint density at radius 3 is 2.29 bits per heavy atom. The van der Waals surface area contributed by atoms with Gasteiger partial charge in [0.1, 0.15) is 0 Å². The van der Waals surface area contributed by atoms with Crippen molar-refractivity contribution < 1.29 is 8.78 Å². The largest absolute Gasteiger partial charge is 0.324 e. The average molecular weight is 233 g/mol. The van der Waals surface area contributed by atoms with Crippen molar-refractivity contribution in [2.24, 2.45) is 5.73 Å². The lowest BCUT2D eigenvalue weighted by Crippen LogP contribution is -2.13. The van der Waals surface area contributed by atoms with E-state index in [0.717, 1.165) is 17.7 Å². The fourth-order valence-corrected chi connectivity index (χ4v) is 1.73. The predicted molar refractivity (Wildman–Crippen MR) is 63.4 cm³/mol. The van der Waals surface area contributed by atoms with E-state index in [1.807, 2.05) is 30.3 Å². The van der Waals surface area contributed by atoms with E-state index >= 15 is 0 Å². The van der Waals surface area contributed by atoms with Gasteiger partial charge in [0.2, 0.25) is 0 Å². The van der Waals surface area contributed by atoms with Crippen LogP contribution in [-0.2, 0) is 6.42 Å². The third-order valence-corrected chi connectivity index (χ3v) is 2.67. The maximum absolute atomic E-state index is 13.0. The normalized spacial score (nSPS) is 12.4. The Bertz CT molecular complexity index is 497. The lowest BCUT2D eigenvalue weighted by molar-refractivity contribution is 0.505. The molecule has 0 saturated heterocycles. The summed E-state index contributed by atoms with van der Waals surface area (Å²) >= 11 is 0. The maximum Gasteiger partial charge on any atom is 0.159 e. The summed E-state index contributed by atoms with van der Waals surface area (Å²) in [4.78, 5) is 0. The summed E-state index contributed by atoms with van der Waals surface area (Å²) in [6.07, 6.45) is 0.603. The number of nitrogens with two attached hydrogens (primary N) is 1. The SMILES string of the molecule is NC(Cc1ccccc1)c1ccc(F)c(F)c1. The zero-order valence-electron chi connectivity index (χ0n) is 9.24. The number of hydrogen-bond acceptors (Lipinski definition) is 1. The lowest BCUT2D eigenvalue weighted by atomic mass is 10.00. The smallest absolute Gasteiger partial charge is 0.159 e. The Labute approximate surface area is 98.9 Å². The second kappa shape index (κ2) is 5.06. The molecule has 0 aliphatic heterocycles. The Morgan fingerprint density at radius 2 is 1.65 bits per heavy atom. The molecule has 2 aromatic carbocycles. The highest BCUT2D eigenvalue weighted by Gasteiger charge is 2.10. The highest BCUT2D eigenvalue weighted by atomic mass is 19.2. The summed E-state index contributed by atoms with van der Waals surface area (Å²) in [7, 11) is 0. The van der Waals surface area contributed by atoms with Gasteiger partial charge in [0, 0.05) is 6.04 Å². The van der Waals surface area contributed by atoms with E-state index in [-0.39, 0.29) is 6.04 Å². The third-order valence-electron chi connectivity index (χ3n) is 2.67. The molecule has 17 heavy (non-hydrogen) atoms. The van der Waals surface area contributed by atoms with E-state index in [0.29, 0.717) is 12.0 Å². The van der Waals surface area contributed by atoms with Gasteiger partial charge < -0.3 is 5.73 Å². The standard InChI is InChI=1S/C14H13F2N/c15-12-7-6-11(9-13(12)16)14(17)8-10-4-2-1-3-5-10/h1-7,9,14H,8,17H2. The van der Waals surface area contributed by atoms with Gasteiger partial charge in [-0.05, 0) is 29.7 Å². The van der Waals surface area contributed by atoms with Crippen LogP contribution in [0.2, 0.25) is 0 Å². The molecule has 0 fully saturated rings. The van der Waals surface area contributed by atoms with Crippen LogP contribution in [0.1, 0.15) is 17.2 Å². The van der Waals surface area contributed by atoms with Crippen LogP contribution in [-0.4, -0.2) is 0 Å². The molecule has 1 nitrogen and oxygen atoms in total. The fourth-order valence-electron chi connectivity index (χ4n) is 1.73. The quantitative estimate of drug-likeness (QED) is 0.865. The van der Waals surface area contributed by atoms with Crippen LogP contribution < -0.4 is 5.73 Å². The molecule has 0 spiro atoms. The van der Waals surface area contributed by atoms with Crippen LogP contribution in [0, 0.1) is 11.6 Å². The monoisotopic (exact) mass is 233 g/mol. The second-order valence-electron chi connectivity index (χ2n) is 3.97. The first-order valence-electron chi connectivity index (χ1n) is 5.41. The van der Waals surface area contributed by atoms with Gasteiger partial charge in [0.05, 0.1) is 0 Å². The average Bonchev–Trinajstić information content (AvgIpc) is 2.34. The van der Waals surface area contributed by atoms with Crippen molar-refractivity contribution >= 4 is 0 Å². The molecule has 1 unspecified atom stereocenters. The summed E-state index contributed by atoms with van der Waals surface area (Å²) in [5.41, 5.74) is 7.64. The molecule has 2 rings (SSSR count). The van der Waals surface area contributed by atoms with E-state index < -0.39 is 11.6 Å². The number of hydrogen-bond donors (Lipinski definition) is 1. The molecule has 2 N–H and O–H groups in total. The minimum absolute atomic E-state index is 0.326. The first-order valence-corrected chi connectivity index (χ1v) is 5.41. The van der Waals surface area contributed by atoms with Gasteiger partial charge in [-0.1, -0.05) is 36.4 Å². The Balaban J connectivity index is 2.14. The molecule has 0 heterocycles. The van der Waals surface area contributed by atoms with Crippen molar-refractivity contribution in [3.63, 3.8) is 0 Å². The van der Waals surface area contributed by atoms with Crippen molar-refractivity contribution in [2.45, 2.75) is 12.5 Å². The Hall–Kier alpha value is -1.74. The van der Waals surface area contributed by atoms with Gasteiger partial charge in [-0.2, -0.15) is 0 Å². The zero-order valence-corrected chi connectivity index (χ0v) is 9.24. The lowest BCUT2D eigenvalue weighted by Gasteiger charge is -2.12. The first kappa shape index (κ1) is 11.7. The van der Waals surface area contributed by atoms with Crippen molar-refractivity contribution in [3.8, 4) is 0 Å². The summed E-state index contributed by atoms with van der Waals surface area (Å²) in [6.45, 7) is 0. The van der Waals surface area contributed by atoms with Crippen molar-refractivity contribution in [2.75, 3.05) is 0 Å². The summed E-state index contributed by atoms with van der Waals surface area (Å²) in [5, 5.41) is 0. The molecule has 1 atom stereocenters. The molecule has 2 aromatic rings. The predicted octanol–water partition coefficient (Wildman–Crippen LogP) is 3.21. The third kappa shape index (κ3) is 2.88. The molecule has 0 radical (unpaired) electrons. The van der Waals surface area contributed by atoms with E-state index in [1.165, 1.54) is 6.07 Å². The van der Waals surface area contributed by atoms with Crippen LogP contribution >= 0.6 is 0 Å². The summed E-state index contributed by atoms with van der Waals surface area (Å²) in [5.74, 6) is -1.70.